The van der Waals surface area contributed by atoms with Crippen LogP contribution in [0.25, 0.3) is 33.5 Å². The molecule has 0 fully saturated rings. The van der Waals surface area contributed by atoms with Gasteiger partial charge in [-0.25, -0.2) is 4.98 Å². The second-order valence-electron chi connectivity index (χ2n) is 8.92. The van der Waals surface area contributed by atoms with Crippen molar-refractivity contribution >= 4 is 66.6 Å². The van der Waals surface area contributed by atoms with Crippen molar-refractivity contribution < 1.29 is 13.9 Å². The van der Waals surface area contributed by atoms with Crippen LogP contribution in [0.5, 0.6) is 11.5 Å². The highest BCUT2D eigenvalue weighted by Crippen LogP contribution is 2.34. The molecule has 0 amide bonds. The van der Waals surface area contributed by atoms with Crippen molar-refractivity contribution in [3.63, 3.8) is 0 Å². The van der Waals surface area contributed by atoms with Crippen LogP contribution in [0.15, 0.2) is 110 Å². The third-order valence-electron chi connectivity index (χ3n) is 6.25. The van der Waals surface area contributed by atoms with Gasteiger partial charge in [-0.15, -0.1) is 0 Å². The number of nitrogens with zero attached hydrogens (tertiary/aromatic N) is 3. The van der Waals surface area contributed by atoms with E-state index in [2.05, 4.69) is 43.6 Å². The number of benzene rings is 4. The predicted octanol–water partition coefficient (Wildman–Crippen LogP) is 7.65. The monoisotopic (exact) mass is 705 g/mol. The van der Waals surface area contributed by atoms with Gasteiger partial charge in [-0.1, -0.05) is 58.4 Å². The van der Waals surface area contributed by atoms with Crippen LogP contribution in [-0.2, 0) is 6.61 Å². The lowest BCUT2D eigenvalue weighted by Crippen LogP contribution is -2.20. The van der Waals surface area contributed by atoms with Crippen molar-refractivity contribution in [1.29, 1.82) is 0 Å². The normalized spacial score (nSPS) is 11.5. The van der Waals surface area contributed by atoms with Gasteiger partial charge in [0.05, 0.1) is 27.8 Å². The summed E-state index contributed by atoms with van der Waals surface area (Å²) in [6, 6.07) is 28.4. The van der Waals surface area contributed by atoms with Crippen molar-refractivity contribution in [2.75, 3.05) is 7.11 Å². The molecule has 0 spiro atoms. The lowest BCUT2D eigenvalue weighted by molar-refractivity contribution is 0.282. The molecule has 0 unspecified atom stereocenters. The van der Waals surface area contributed by atoms with E-state index >= 15 is 0 Å². The largest absolute Gasteiger partial charge is 0.493 e. The summed E-state index contributed by atoms with van der Waals surface area (Å²) in [6.45, 7) is 0.413. The van der Waals surface area contributed by atoms with Gasteiger partial charge in [-0.3, -0.25) is 4.79 Å². The third kappa shape index (κ3) is 5.26. The minimum Gasteiger partial charge on any atom is -0.493 e. The molecule has 0 saturated heterocycles. The molecule has 0 radical (unpaired) electrons. The van der Waals surface area contributed by atoms with Crippen molar-refractivity contribution in [1.82, 2.24) is 9.66 Å². The molecule has 7 nitrogen and oxygen atoms in total. The highest BCUT2D eigenvalue weighted by atomic mass is 127. The van der Waals surface area contributed by atoms with E-state index in [1.165, 1.54) is 4.68 Å². The summed E-state index contributed by atoms with van der Waals surface area (Å²) in [7, 11) is 1.59. The third-order valence-corrected chi connectivity index (χ3v) is 7.55. The van der Waals surface area contributed by atoms with Crippen LogP contribution in [0.4, 0.5) is 0 Å². The summed E-state index contributed by atoms with van der Waals surface area (Å²) in [4.78, 5) is 18.3. The summed E-state index contributed by atoms with van der Waals surface area (Å²) in [5.41, 5.74) is 2.73. The number of rotatable bonds is 7. The van der Waals surface area contributed by atoms with E-state index in [0.717, 1.165) is 24.6 Å². The average molecular weight is 706 g/mol. The van der Waals surface area contributed by atoms with Gasteiger partial charge in [0.1, 0.15) is 12.2 Å². The van der Waals surface area contributed by atoms with E-state index in [1.807, 2.05) is 72.8 Å². The van der Waals surface area contributed by atoms with Gasteiger partial charge >= 0.3 is 0 Å². The Labute approximate surface area is 251 Å². The van der Waals surface area contributed by atoms with Crippen molar-refractivity contribution in [2.24, 2.45) is 5.10 Å². The first-order valence-corrected chi connectivity index (χ1v) is 14.2. The Morgan fingerprint density at radius 2 is 1.82 bits per heavy atom. The maximum absolute atomic E-state index is 13.6. The fourth-order valence-corrected chi connectivity index (χ4v) is 5.48. The number of para-hydroxylation sites is 1. The maximum atomic E-state index is 13.6. The molecule has 0 aliphatic heterocycles. The number of halogens is 2. The molecule has 0 atom stereocenters. The van der Waals surface area contributed by atoms with Gasteiger partial charge in [-0.05, 0) is 82.2 Å². The average Bonchev–Trinajstić information content (AvgIpc) is 3.39. The molecule has 0 saturated carbocycles. The Balaban J connectivity index is 1.41. The Kier molecular flexibility index (Phi) is 7.40. The van der Waals surface area contributed by atoms with Gasteiger partial charge < -0.3 is 13.9 Å². The number of methoxy groups -OCH3 is 1. The number of hydrogen-bond acceptors (Lipinski definition) is 6. The maximum Gasteiger partial charge on any atom is 0.282 e. The van der Waals surface area contributed by atoms with Crippen LogP contribution < -0.4 is 15.0 Å². The first kappa shape index (κ1) is 26.3. The molecule has 40 heavy (non-hydrogen) atoms. The zero-order chi connectivity index (χ0) is 27.6. The highest BCUT2D eigenvalue weighted by Gasteiger charge is 2.17. The molecule has 2 heterocycles. The molecule has 6 aromatic rings. The fourth-order valence-electron chi connectivity index (χ4n) is 4.32. The van der Waals surface area contributed by atoms with Crippen molar-refractivity contribution in [3.05, 3.63) is 121 Å². The summed E-state index contributed by atoms with van der Waals surface area (Å²) in [6.07, 6.45) is 1.60. The molecule has 6 rings (SSSR count). The molecular weight excluding hydrogens is 685 g/mol. The van der Waals surface area contributed by atoms with Crippen LogP contribution >= 0.6 is 38.5 Å². The second kappa shape index (κ2) is 11.3. The first-order valence-electron chi connectivity index (χ1n) is 12.3. The number of furan rings is 1. The molecular formula is C31H21BrIN3O4. The van der Waals surface area contributed by atoms with Gasteiger partial charge in [0.2, 0.25) is 5.82 Å². The minimum atomic E-state index is -0.303. The quantitative estimate of drug-likeness (QED) is 0.126. The van der Waals surface area contributed by atoms with Gasteiger partial charge in [0.25, 0.3) is 5.56 Å². The van der Waals surface area contributed by atoms with Gasteiger partial charge in [0.15, 0.2) is 17.3 Å². The molecule has 9 heteroatoms. The summed E-state index contributed by atoms with van der Waals surface area (Å²) in [5.74, 6) is 1.95. The molecule has 0 aliphatic carbocycles. The van der Waals surface area contributed by atoms with Crippen molar-refractivity contribution in [2.45, 2.75) is 6.61 Å². The van der Waals surface area contributed by atoms with Crippen LogP contribution in [0.1, 0.15) is 11.1 Å². The molecule has 2 aromatic heterocycles. The fraction of sp³-hybridized carbons (Fsp3) is 0.0645. The van der Waals surface area contributed by atoms with E-state index in [9.17, 15) is 4.79 Å². The van der Waals surface area contributed by atoms with E-state index in [1.54, 1.807) is 31.5 Å². The summed E-state index contributed by atoms with van der Waals surface area (Å²) in [5, 5.41) is 5.92. The molecule has 0 N–H and O–H groups in total. The van der Waals surface area contributed by atoms with Crippen molar-refractivity contribution in [3.8, 4) is 23.1 Å². The Morgan fingerprint density at radius 3 is 2.65 bits per heavy atom. The molecule has 0 aliphatic rings. The van der Waals surface area contributed by atoms with Crippen LogP contribution in [0.2, 0.25) is 0 Å². The van der Waals surface area contributed by atoms with Crippen LogP contribution in [0, 0.1) is 3.57 Å². The van der Waals surface area contributed by atoms with Gasteiger partial charge in [-0.2, -0.15) is 9.78 Å². The summed E-state index contributed by atoms with van der Waals surface area (Å²) < 4.78 is 20.9. The second-order valence-corrected chi connectivity index (χ2v) is 11.0. The lowest BCUT2D eigenvalue weighted by Gasteiger charge is -2.13. The Morgan fingerprint density at radius 1 is 1.02 bits per heavy atom. The van der Waals surface area contributed by atoms with Crippen LogP contribution in [0.3, 0.4) is 0 Å². The van der Waals surface area contributed by atoms with Gasteiger partial charge in [0, 0.05) is 9.86 Å². The molecule has 0 bridgehead atoms. The Bertz CT molecular complexity index is 1950. The topological polar surface area (TPSA) is 78.9 Å². The number of fused-ring (bicyclic) bond motifs is 2. The smallest absolute Gasteiger partial charge is 0.282 e. The number of ether oxygens (including phenoxy) is 2. The Hall–Kier alpha value is -3.96. The SMILES string of the molecule is COc1cc(C=Nn2c(-c3cc4cc(Br)ccc4o3)nc3ccccc3c2=O)cc(I)c1OCc1ccccc1. The van der Waals surface area contributed by atoms with Crippen LogP contribution in [-0.4, -0.2) is 23.0 Å². The lowest BCUT2D eigenvalue weighted by atomic mass is 10.2. The predicted molar refractivity (Wildman–Crippen MR) is 168 cm³/mol. The minimum absolute atomic E-state index is 0.303. The first-order chi connectivity index (χ1) is 19.5. The number of hydrogen-bond donors (Lipinski definition) is 0. The zero-order valence-electron chi connectivity index (χ0n) is 21.2. The highest BCUT2D eigenvalue weighted by molar-refractivity contribution is 14.1. The van der Waals surface area contributed by atoms with E-state index < -0.39 is 0 Å². The van der Waals surface area contributed by atoms with E-state index in [4.69, 9.17) is 18.9 Å². The molecule has 4 aromatic carbocycles. The number of aromatic nitrogens is 2. The standard InChI is InChI=1S/C31H21BrIN3O4/c1-38-27-14-20(13-24(33)29(27)39-18-19-7-3-2-4-8-19)17-34-36-30(35-25-10-6-5-9-23(25)31(36)37)28-16-21-15-22(32)11-12-26(21)40-28/h2-17H,18H2,1H3. The molecule has 198 valence electrons. The summed E-state index contributed by atoms with van der Waals surface area (Å²) >= 11 is 5.71. The zero-order valence-corrected chi connectivity index (χ0v) is 24.9. The van der Waals surface area contributed by atoms with E-state index in [0.29, 0.717) is 46.2 Å². The van der Waals surface area contributed by atoms with E-state index in [-0.39, 0.29) is 5.56 Å².